The predicted molar refractivity (Wildman–Crippen MR) is 69.2 cm³/mol. The Labute approximate surface area is 101 Å². The van der Waals surface area contributed by atoms with Crippen LogP contribution in [0, 0.1) is 17.3 Å². The number of hydrogen-bond donors (Lipinski definition) is 0. The van der Waals surface area contributed by atoms with Crippen molar-refractivity contribution >= 4 is 9.84 Å². The molecular weight excluding hydrogens is 220 g/mol. The molecule has 0 spiro atoms. The maximum atomic E-state index is 11.3. The summed E-state index contributed by atoms with van der Waals surface area (Å²) in [5, 5.41) is 0. The van der Waals surface area contributed by atoms with E-state index in [2.05, 4.69) is 20.8 Å². The third kappa shape index (κ3) is 5.88. The first-order valence-corrected chi connectivity index (χ1v) is 8.39. The largest absolute Gasteiger partial charge is 0.229 e. The van der Waals surface area contributed by atoms with Gasteiger partial charge < -0.3 is 0 Å². The van der Waals surface area contributed by atoms with E-state index in [4.69, 9.17) is 0 Å². The molecule has 0 N–H and O–H groups in total. The van der Waals surface area contributed by atoms with Gasteiger partial charge in [0.1, 0.15) is 9.84 Å². The molecule has 96 valence electrons. The standard InChI is InChI=1S/C13H26O2S/c1-13(2,3)9-11-6-5-7-12(8-11)10-16(4,14)15/h11-12H,5-10H2,1-4H3. The van der Waals surface area contributed by atoms with Crippen LogP contribution >= 0.6 is 0 Å². The predicted octanol–water partition coefficient (Wildman–Crippen LogP) is 3.27. The Morgan fingerprint density at radius 2 is 1.69 bits per heavy atom. The van der Waals surface area contributed by atoms with Crippen molar-refractivity contribution in [3.05, 3.63) is 0 Å². The van der Waals surface area contributed by atoms with Gasteiger partial charge in [-0.25, -0.2) is 8.42 Å². The SMILES string of the molecule is CC(C)(C)CC1CCCC(CS(C)(=O)=O)C1. The fraction of sp³-hybridized carbons (Fsp3) is 1.00. The highest BCUT2D eigenvalue weighted by Crippen LogP contribution is 2.37. The molecule has 1 aliphatic rings. The van der Waals surface area contributed by atoms with Crippen LogP contribution in [0.25, 0.3) is 0 Å². The second-order valence-corrected chi connectivity index (χ2v) is 8.94. The van der Waals surface area contributed by atoms with E-state index in [0.29, 0.717) is 17.1 Å². The lowest BCUT2D eigenvalue weighted by molar-refractivity contribution is 0.206. The Bertz CT molecular complexity index is 311. The normalized spacial score (nSPS) is 28.0. The molecule has 0 aliphatic heterocycles. The molecule has 2 nitrogen and oxygen atoms in total. The van der Waals surface area contributed by atoms with Crippen molar-refractivity contribution in [3.63, 3.8) is 0 Å². The highest BCUT2D eigenvalue weighted by Gasteiger charge is 2.27. The van der Waals surface area contributed by atoms with Crippen molar-refractivity contribution in [1.29, 1.82) is 0 Å². The van der Waals surface area contributed by atoms with Crippen LogP contribution in [0.1, 0.15) is 52.9 Å². The van der Waals surface area contributed by atoms with Gasteiger partial charge in [-0.1, -0.05) is 33.6 Å². The summed E-state index contributed by atoms with van der Waals surface area (Å²) >= 11 is 0. The summed E-state index contributed by atoms with van der Waals surface area (Å²) in [4.78, 5) is 0. The minimum absolute atomic E-state index is 0.373. The molecule has 1 rings (SSSR count). The molecule has 0 saturated heterocycles. The van der Waals surface area contributed by atoms with E-state index in [9.17, 15) is 8.42 Å². The number of rotatable bonds is 3. The minimum atomic E-state index is -2.79. The third-order valence-corrected chi connectivity index (χ3v) is 4.41. The Morgan fingerprint density at radius 1 is 1.12 bits per heavy atom. The molecule has 0 bridgehead atoms. The van der Waals surface area contributed by atoms with Crippen LogP contribution in [-0.2, 0) is 9.84 Å². The lowest BCUT2D eigenvalue weighted by Gasteiger charge is -2.33. The molecule has 2 unspecified atom stereocenters. The summed E-state index contributed by atoms with van der Waals surface area (Å²) in [5.41, 5.74) is 0.373. The number of hydrogen-bond acceptors (Lipinski definition) is 2. The highest BCUT2D eigenvalue weighted by atomic mass is 32.2. The van der Waals surface area contributed by atoms with Crippen LogP contribution in [0.5, 0.6) is 0 Å². The van der Waals surface area contributed by atoms with Crippen molar-refractivity contribution in [2.75, 3.05) is 12.0 Å². The Balaban J connectivity index is 2.48. The molecule has 1 saturated carbocycles. The summed E-state index contributed by atoms with van der Waals surface area (Å²) in [6, 6.07) is 0. The summed E-state index contributed by atoms with van der Waals surface area (Å²) in [7, 11) is -2.79. The van der Waals surface area contributed by atoms with Crippen LogP contribution in [0.2, 0.25) is 0 Å². The van der Waals surface area contributed by atoms with Gasteiger partial charge in [-0.05, 0) is 36.5 Å². The molecule has 2 atom stereocenters. The van der Waals surface area contributed by atoms with Gasteiger partial charge in [-0.15, -0.1) is 0 Å². The molecule has 0 radical (unpaired) electrons. The average molecular weight is 246 g/mol. The monoisotopic (exact) mass is 246 g/mol. The van der Waals surface area contributed by atoms with Crippen LogP contribution < -0.4 is 0 Å². The molecule has 0 aromatic rings. The Kier molecular flexibility index (Phi) is 4.44. The Hall–Kier alpha value is -0.0500. The minimum Gasteiger partial charge on any atom is -0.229 e. The van der Waals surface area contributed by atoms with Crippen molar-refractivity contribution < 1.29 is 8.42 Å². The first-order valence-electron chi connectivity index (χ1n) is 6.33. The molecule has 0 heterocycles. The van der Waals surface area contributed by atoms with Crippen molar-refractivity contribution in [2.24, 2.45) is 17.3 Å². The van der Waals surface area contributed by atoms with E-state index in [1.165, 1.54) is 25.5 Å². The summed E-state index contributed by atoms with van der Waals surface area (Å²) < 4.78 is 22.6. The van der Waals surface area contributed by atoms with Crippen LogP contribution in [0.15, 0.2) is 0 Å². The molecule has 0 aromatic heterocycles. The van der Waals surface area contributed by atoms with Gasteiger partial charge >= 0.3 is 0 Å². The van der Waals surface area contributed by atoms with Gasteiger partial charge in [0.25, 0.3) is 0 Å². The quantitative estimate of drug-likeness (QED) is 0.766. The highest BCUT2D eigenvalue weighted by molar-refractivity contribution is 7.90. The van der Waals surface area contributed by atoms with Gasteiger partial charge in [-0.2, -0.15) is 0 Å². The second-order valence-electron chi connectivity index (χ2n) is 6.76. The van der Waals surface area contributed by atoms with Crippen LogP contribution in [0.3, 0.4) is 0 Å². The lowest BCUT2D eigenvalue weighted by atomic mass is 9.74. The van der Waals surface area contributed by atoms with E-state index >= 15 is 0 Å². The fourth-order valence-electron chi connectivity index (χ4n) is 3.03. The van der Waals surface area contributed by atoms with Crippen molar-refractivity contribution in [3.8, 4) is 0 Å². The fourth-order valence-corrected chi connectivity index (χ4v) is 4.19. The average Bonchev–Trinajstić information content (AvgIpc) is 1.96. The van der Waals surface area contributed by atoms with E-state index in [1.54, 1.807) is 0 Å². The topological polar surface area (TPSA) is 34.1 Å². The van der Waals surface area contributed by atoms with E-state index < -0.39 is 9.84 Å². The molecule has 1 aliphatic carbocycles. The molecule has 16 heavy (non-hydrogen) atoms. The van der Waals surface area contributed by atoms with Crippen LogP contribution in [0.4, 0.5) is 0 Å². The second kappa shape index (κ2) is 5.07. The molecular formula is C13H26O2S. The Morgan fingerprint density at radius 3 is 2.19 bits per heavy atom. The summed E-state index contributed by atoms with van der Waals surface area (Å²) in [6.07, 6.45) is 7.31. The maximum absolute atomic E-state index is 11.3. The zero-order valence-electron chi connectivity index (χ0n) is 11.1. The van der Waals surface area contributed by atoms with Gasteiger partial charge in [0.05, 0.1) is 5.75 Å². The van der Waals surface area contributed by atoms with E-state index in [-0.39, 0.29) is 0 Å². The van der Waals surface area contributed by atoms with Crippen LogP contribution in [-0.4, -0.2) is 20.4 Å². The van der Waals surface area contributed by atoms with E-state index in [0.717, 1.165) is 18.8 Å². The molecule has 0 aromatic carbocycles. The van der Waals surface area contributed by atoms with Gasteiger partial charge in [0.2, 0.25) is 0 Å². The molecule has 0 amide bonds. The van der Waals surface area contributed by atoms with Crippen molar-refractivity contribution in [1.82, 2.24) is 0 Å². The van der Waals surface area contributed by atoms with Crippen molar-refractivity contribution in [2.45, 2.75) is 52.9 Å². The van der Waals surface area contributed by atoms with E-state index in [1.807, 2.05) is 0 Å². The molecule has 3 heteroatoms. The smallest absolute Gasteiger partial charge is 0.147 e. The molecule has 1 fully saturated rings. The number of sulfone groups is 1. The van der Waals surface area contributed by atoms with Gasteiger partial charge in [0.15, 0.2) is 0 Å². The third-order valence-electron chi connectivity index (χ3n) is 3.33. The summed E-state index contributed by atoms with van der Waals surface area (Å²) in [5.74, 6) is 1.55. The zero-order valence-corrected chi connectivity index (χ0v) is 11.9. The van der Waals surface area contributed by atoms with Gasteiger partial charge in [0, 0.05) is 6.26 Å². The maximum Gasteiger partial charge on any atom is 0.147 e. The first-order chi connectivity index (χ1) is 7.16. The summed E-state index contributed by atoms with van der Waals surface area (Å²) in [6.45, 7) is 6.81. The van der Waals surface area contributed by atoms with Gasteiger partial charge in [-0.3, -0.25) is 0 Å². The zero-order chi connectivity index (χ0) is 12.4. The lowest BCUT2D eigenvalue weighted by Crippen LogP contribution is -2.25. The first kappa shape index (κ1) is 14.0.